The average molecular weight is 625 g/mol. The van der Waals surface area contributed by atoms with Crippen LogP contribution in [-0.2, 0) is 14.3 Å². The van der Waals surface area contributed by atoms with Gasteiger partial charge in [-0.3, -0.25) is 4.79 Å². The lowest BCUT2D eigenvalue weighted by Crippen LogP contribution is -2.45. The molecule has 1 aliphatic heterocycles. The van der Waals surface area contributed by atoms with Gasteiger partial charge in [0.15, 0.2) is 11.7 Å². The summed E-state index contributed by atoms with van der Waals surface area (Å²) in [6, 6.07) is 16.6. The number of benzene rings is 2. The second-order valence-electron chi connectivity index (χ2n) is 9.05. The molecule has 9 nitrogen and oxygen atoms in total. The van der Waals surface area contributed by atoms with Crippen molar-refractivity contribution < 1.29 is 19.1 Å². The van der Waals surface area contributed by atoms with Crippen molar-refractivity contribution in [2.24, 2.45) is 5.10 Å². The molecular formula is C29H30BrN5O4S. The minimum Gasteiger partial charge on any atom is -0.483 e. The van der Waals surface area contributed by atoms with Crippen molar-refractivity contribution >= 4 is 51.4 Å². The van der Waals surface area contributed by atoms with Crippen LogP contribution < -0.4 is 20.8 Å². The molecule has 0 saturated heterocycles. The monoisotopic (exact) mass is 623 g/mol. The van der Waals surface area contributed by atoms with Crippen LogP contribution in [0.4, 0.5) is 0 Å². The molecule has 0 fully saturated rings. The van der Waals surface area contributed by atoms with Gasteiger partial charge in [0, 0.05) is 38.4 Å². The van der Waals surface area contributed by atoms with Gasteiger partial charge in [0.05, 0.1) is 24.4 Å². The van der Waals surface area contributed by atoms with E-state index in [0.29, 0.717) is 27.7 Å². The number of aryl methyl sites for hydroxylation is 1. The highest BCUT2D eigenvalue weighted by atomic mass is 79.9. The second-order valence-corrected chi connectivity index (χ2v) is 10.4. The Morgan fingerprint density at radius 3 is 2.60 bits per heavy atom. The number of amides is 1. The summed E-state index contributed by atoms with van der Waals surface area (Å²) >= 11 is 8.79. The zero-order valence-electron chi connectivity index (χ0n) is 22.6. The maximum atomic E-state index is 12.7. The number of carbonyl (C=O) groups is 2. The maximum Gasteiger partial charge on any atom is 0.338 e. The third-order valence-electron chi connectivity index (χ3n) is 6.30. The summed E-state index contributed by atoms with van der Waals surface area (Å²) in [5.41, 5.74) is 8.11. The smallest absolute Gasteiger partial charge is 0.338 e. The lowest BCUT2D eigenvalue weighted by atomic mass is 9.95. The number of nitrogens with one attached hydrogen (secondary N) is 3. The molecule has 0 radical (unpaired) electrons. The van der Waals surface area contributed by atoms with Crippen LogP contribution in [0.25, 0.3) is 5.69 Å². The molecule has 0 saturated carbocycles. The standard InChI is InChI=1S/C29H30BrN5O4S/c1-5-38-28(37)26-18(3)32-29(40)33-27(26)23-8-6-7-9-24(23)39-16-25(36)34-31-15-20-14-17(2)35(19(20)4)22-12-10-21(30)11-13-22/h6-15,27H,5,16H2,1-4H3,(H,34,36)(H2,32,33,40)/t27-/m0/s1. The lowest BCUT2D eigenvalue weighted by molar-refractivity contribution is -0.139. The topological polar surface area (TPSA) is 106 Å². The molecule has 1 aliphatic rings. The number of esters is 1. The number of para-hydroxylation sites is 1. The van der Waals surface area contributed by atoms with Crippen LogP contribution >= 0.6 is 28.1 Å². The quantitative estimate of drug-likeness (QED) is 0.137. The molecule has 1 atom stereocenters. The molecule has 0 aliphatic carbocycles. The van der Waals surface area contributed by atoms with Crippen LogP contribution in [-0.4, -0.2) is 41.0 Å². The molecule has 40 heavy (non-hydrogen) atoms. The van der Waals surface area contributed by atoms with Gasteiger partial charge >= 0.3 is 5.97 Å². The summed E-state index contributed by atoms with van der Waals surface area (Å²) < 4.78 is 14.2. The normalized spacial score (nSPS) is 15.0. The van der Waals surface area contributed by atoms with Gasteiger partial charge in [-0.25, -0.2) is 10.2 Å². The summed E-state index contributed by atoms with van der Waals surface area (Å²) in [5, 5.41) is 10.6. The number of halogens is 1. The van der Waals surface area contributed by atoms with Crippen molar-refractivity contribution in [2.75, 3.05) is 13.2 Å². The first-order chi connectivity index (χ1) is 19.2. The third kappa shape index (κ3) is 6.60. The molecule has 4 rings (SSSR count). The number of hydrogen-bond donors (Lipinski definition) is 3. The Labute approximate surface area is 246 Å². The number of thiocarbonyl (C=S) groups is 1. The maximum absolute atomic E-state index is 12.7. The molecule has 2 heterocycles. The molecule has 1 amide bonds. The summed E-state index contributed by atoms with van der Waals surface area (Å²) in [6.45, 7) is 7.48. The Morgan fingerprint density at radius 2 is 1.88 bits per heavy atom. The number of aromatic nitrogens is 1. The van der Waals surface area contributed by atoms with Crippen LogP contribution in [0.2, 0.25) is 0 Å². The van der Waals surface area contributed by atoms with E-state index >= 15 is 0 Å². The fraction of sp³-hybridized carbons (Fsp3) is 0.241. The Balaban J connectivity index is 1.44. The molecule has 0 unspecified atom stereocenters. The van der Waals surface area contributed by atoms with E-state index in [1.54, 1.807) is 32.2 Å². The van der Waals surface area contributed by atoms with Crippen molar-refractivity contribution in [1.82, 2.24) is 20.6 Å². The molecule has 2 aromatic carbocycles. The molecule has 3 N–H and O–H groups in total. The minimum atomic E-state index is -0.605. The fourth-order valence-corrected chi connectivity index (χ4v) is 5.05. The average Bonchev–Trinajstić information content (AvgIpc) is 3.20. The van der Waals surface area contributed by atoms with Crippen molar-refractivity contribution in [3.05, 3.63) is 92.9 Å². The highest BCUT2D eigenvalue weighted by Gasteiger charge is 2.32. The molecule has 3 aromatic rings. The fourth-order valence-electron chi connectivity index (χ4n) is 4.51. The largest absolute Gasteiger partial charge is 0.483 e. The van der Waals surface area contributed by atoms with Gasteiger partial charge in [-0.1, -0.05) is 34.1 Å². The Hall–Kier alpha value is -3.96. The van der Waals surface area contributed by atoms with Gasteiger partial charge in [0.25, 0.3) is 5.91 Å². The van der Waals surface area contributed by atoms with Crippen LogP contribution in [0.15, 0.2) is 75.4 Å². The van der Waals surface area contributed by atoms with Crippen molar-refractivity contribution in [1.29, 1.82) is 0 Å². The lowest BCUT2D eigenvalue weighted by Gasteiger charge is -2.30. The first-order valence-electron chi connectivity index (χ1n) is 12.6. The van der Waals surface area contributed by atoms with Gasteiger partial charge in [0.1, 0.15) is 5.75 Å². The SMILES string of the molecule is CCOC(=O)C1=C(C)NC(=S)N[C@H]1c1ccccc1OCC(=O)NN=Cc1cc(C)n(-c2ccc(Br)cc2)c1C. The van der Waals surface area contributed by atoms with Crippen molar-refractivity contribution in [2.45, 2.75) is 33.7 Å². The number of carbonyl (C=O) groups excluding carboxylic acids is 2. The van der Waals surface area contributed by atoms with E-state index in [-0.39, 0.29) is 13.2 Å². The van der Waals surface area contributed by atoms with E-state index in [2.05, 4.69) is 41.7 Å². The molecule has 0 bridgehead atoms. The molecule has 0 spiro atoms. The Kier molecular flexibility index (Phi) is 9.38. The zero-order chi connectivity index (χ0) is 28.8. The summed E-state index contributed by atoms with van der Waals surface area (Å²) in [4.78, 5) is 25.3. The minimum absolute atomic E-state index is 0.236. The van der Waals surface area contributed by atoms with Gasteiger partial charge in [-0.15, -0.1) is 0 Å². The van der Waals surface area contributed by atoms with E-state index < -0.39 is 17.9 Å². The third-order valence-corrected chi connectivity index (χ3v) is 7.05. The first-order valence-corrected chi connectivity index (χ1v) is 13.8. The Bertz CT molecular complexity index is 1500. The number of rotatable bonds is 9. The van der Waals surface area contributed by atoms with Gasteiger partial charge in [-0.05, 0) is 76.3 Å². The van der Waals surface area contributed by atoms with Crippen LogP contribution in [0.5, 0.6) is 5.75 Å². The zero-order valence-corrected chi connectivity index (χ0v) is 25.0. The van der Waals surface area contributed by atoms with E-state index in [0.717, 1.165) is 27.1 Å². The van der Waals surface area contributed by atoms with Gasteiger partial charge in [0.2, 0.25) is 0 Å². The summed E-state index contributed by atoms with van der Waals surface area (Å²) in [7, 11) is 0. The highest BCUT2D eigenvalue weighted by molar-refractivity contribution is 9.10. The molecule has 11 heteroatoms. The van der Waals surface area contributed by atoms with Crippen molar-refractivity contribution in [3.8, 4) is 11.4 Å². The van der Waals surface area contributed by atoms with E-state index in [1.165, 1.54) is 0 Å². The number of nitrogens with zero attached hydrogens (tertiary/aromatic N) is 2. The number of hydrogen-bond acceptors (Lipinski definition) is 6. The highest BCUT2D eigenvalue weighted by Crippen LogP contribution is 2.33. The van der Waals surface area contributed by atoms with E-state index in [1.807, 2.05) is 56.3 Å². The predicted molar refractivity (Wildman–Crippen MR) is 162 cm³/mol. The van der Waals surface area contributed by atoms with Gasteiger partial charge in [-0.2, -0.15) is 5.10 Å². The van der Waals surface area contributed by atoms with E-state index in [4.69, 9.17) is 21.7 Å². The number of allylic oxidation sites excluding steroid dienone is 1. The molecular weight excluding hydrogens is 594 g/mol. The van der Waals surface area contributed by atoms with Crippen LogP contribution in [0.1, 0.15) is 42.4 Å². The second kappa shape index (κ2) is 12.9. The van der Waals surface area contributed by atoms with Gasteiger partial charge < -0.3 is 24.7 Å². The molecule has 208 valence electrons. The Morgan fingerprint density at radius 1 is 1.15 bits per heavy atom. The number of hydrazone groups is 1. The number of ether oxygens (including phenoxy) is 2. The van der Waals surface area contributed by atoms with E-state index in [9.17, 15) is 9.59 Å². The summed E-state index contributed by atoms with van der Waals surface area (Å²) in [5.74, 6) is -0.468. The van der Waals surface area contributed by atoms with Crippen molar-refractivity contribution in [3.63, 3.8) is 0 Å². The summed E-state index contributed by atoms with van der Waals surface area (Å²) in [6.07, 6.45) is 1.61. The predicted octanol–water partition coefficient (Wildman–Crippen LogP) is 4.74. The van der Waals surface area contributed by atoms with Crippen LogP contribution in [0.3, 0.4) is 0 Å². The van der Waals surface area contributed by atoms with Crippen LogP contribution in [0, 0.1) is 13.8 Å². The molecule has 1 aromatic heterocycles. The first kappa shape index (κ1) is 29.0.